The Morgan fingerprint density at radius 3 is 2.33 bits per heavy atom. The zero-order chi connectivity index (χ0) is 21.9. The van der Waals surface area contributed by atoms with Gasteiger partial charge in [0.15, 0.2) is 5.78 Å². The molecule has 1 fully saturated rings. The lowest BCUT2D eigenvalue weighted by Gasteiger charge is -2.36. The van der Waals surface area contributed by atoms with Gasteiger partial charge in [0.05, 0.1) is 22.0 Å². The number of carbonyl (C=O) groups excluding carboxylic acids is 2. The second-order valence-electron chi connectivity index (χ2n) is 6.76. The van der Waals surface area contributed by atoms with E-state index in [1.54, 1.807) is 17.0 Å². The largest absolute Gasteiger partial charge is 0.417 e. The maximum Gasteiger partial charge on any atom is 0.417 e. The van der Waals surface area contributed by atoms with E-state index in [1.165, 1.54) is 19.1 Å². The van der Waals surface area contributed by atoms with Gasteiger partial charge >= 0.3 is 6.18 Å². The monoisotopic (exact) mass is 441 g/mol. The first-order chi connectivity index (χ1) is 14.1. The summed E-state index contributed by atoms with van der Waals surface area (Å²) in [6, 6.07) is 6.53. The lowest BCUT2D eigenvalue weighted by Crippen LogP contribution is -2.49. The lowest BCUT2D eigenvalue weighted by molar-refractivity contribution is -0.138. The molecule has 1 aliphatic rings. The Balaban J connectivity index is 1.51. The predicted octanol–water partition coefficient (Wildman–Crippen LogP) is 3.88. The molecule has 0 unspecified atom stereocenters. The average Bonchev–Trinajstić information content (AvgIpc) is 2.71. The molecule has 1 aliphatic heterocycles. The first-order valence-electron chi connectivity index (χ1n) is 9.14. The van der Waals surface area contributed by atoms with E-state index in [4.69, 9.17) is 0 Å². The fourth-order valence-corrected chi connectivity index (χ4v) is 3.78. The zero-order valence-electron chi connectivity index (χ0n) is 16.1. The van der Waals surface area contributed by atoms with Gasteiger partial charge in [-0.15, -0.1) is 0 Å². The van der Waals surface area contributed by atoms with Crippen molar-refractivity contribution < 1.29 is 27.2 Å². The number of piperazine rings is 1. The second-order valence-corrected chi connectivity index (χ2v) is 7.76. The Bertz CT molecular complexity index is 927. The van der Waals surface area contributed by atoms with Crippen molar-refractivity contribution in [1.82, 2.24) is 9.88 Å². The van der Waals surface area contributed by atoms with Crippen LogP contribution in [0.25, 0.3) is 0 Å². The van der Waals surface area contributed by atoms with Gasteiger partial charge in [0.2, 0.25) is 5.91 Å². The van der Waals surface area contributed by atoms with Gasteiger partial charge in [-0.2, -0.15) is 13.2 Å². The van der Waals surface area contributed by atoms with Gasteiger partial charge in [0.1, 0.15) is 5.82 Å². The highest BCUT2D eigenvalue weighted by molar-refractivity contribution is 7.99. The smallest absolute Gasteiger partial charge is 0.366 e. The average molecular weight is 441 g/mol. The van der Waals surface area contributed by atoms with Crippen LogP contribution in [0, 0.1) is 5.82 Å². The van der Waals surface area contributed by atoms with E-state index >= 15 is 0 Å². The van der Waals surface area contributed by atoms with Crippen molar-refractivity contribution in [2.24, 2.45) is 0 Å². The van der Waals surface area contributed by atoms with Crippen molar-refractivity contribution in [3.05, 3.63) is 53.5 Å². The summed E-state index contributed by atoms with van der Waals surface area (Å²) in [7, 11) is 0. The molecule has 0 saturated carbocycles. The second kappa shape index (κ2) is 9.03. The summed E-state index contributed by atoms with van der Waals surface area (Å²) in [5.41, 5.74) is -0.146. The highest BCUT2D eigenvalue weighted by Crippen LogP contribution is 2.29. The number of halogens is 4. The molecule has 1 aromatic heterocycles. The number of hydrogen-bond acceptors (Lipinski definition) is 5. The van der Waals surface area contributed by atoms with E-state index < -0.39 is 17.6 Å². The minimum Gasteiger partial charge on any atom is -0.366 e. The Morgan fingerprint density at radius 2 is 1.80 bits per heavy atom. The molecule has 1 aromatic carbocycles. The van der Waals surface area contributed by atoms with E-state index in [9.17, 15) is 27.2 Å². The number of nitrogens with zero attached hydrogens (tertiary/aromatic N) is 3. The summed E-state index contributed by atoms with van der Waals surface area (Å²) in [6.45, 7) is 3.04. The molecule has 160 valence electrons. The third-order valence-corrected chi connectivity index (χ3v) is 5.66. The number of thioether (sulfide) groups is 1. The summed E-state index contributed by atoms with van der Waals surface area (Å²) in [5, 5.41) is 0.336. The standard InChI is InChI=1S/C20H19F4N3O2S/c1-13(28)14-2-4-17(16(21)10-14)26-6-8-27(9-7-26)19(29)12-30-18-5-3-15(11-25-18)20(22,23)24/h2-5,10-11H,6-9,12H2,1H3. The number of ketones is 1. The molecular formula is C20H19F4N3O2S. The molecule has 0 aliphatic carbocycles. The molecule has 2 aromatic rings. The van der Waals surface area contributed by atoms with E-state index in [0.29, 0.717) is 42.5 Å². The highest BCUT2D eigenvalue weighted by atomic mass is 32.2. The molecule has 0 bridgehead atoms. The number of carbonyl (C=O) groups is 2. The normalized spacial score (nSPS) is 14.7. The lowest BCUT2D eigenvalue weighted by atomic mass is 10.1. The van der Waals surface area contributed by atoms with Crippen molar-refractivity contribution in [2.45, 2.75) is 18.1 Å². The van der Waals surface area contributed by atoms with Crippen LogP contribution < -0.4 is 4.90 Å². The van der Waals surface area contributed by atoms with Gasteiger partial charge in [-0.05, 0) is 37.3 Å². The molecule has 1 amide bonds. The van der Waals surface area contributed by atoms with Gasteiger partial charge in [0, 0.05) is 37.9 Å². The minimum atomic E-state index is -4.45. The van der Waals surface area contributed by atoms with Gasteiger partial charge in [0.25, 0.3) is 0 Å². The molecule has 1 saturated heterocycles. The third kappa shape index (κ3) is 5.29. The van der Waals surface area contributed by atoms with Gasteiger partial charge in [-0.25, -0.2) is 9.37 Å². The Morgan fingerprint density at radius 1 is 1.10 bits per heavy atom. The van der Waals surface area contributed by atoms with Crippen LogP contribution in [0.15, 0.2) is 41.6 Å². The number of hydrogen-bond donors (Lipinski definition) is 0. The fraction of sp³-hybridized carbons (Fsp3) is 0.350. The summed E-state index contributed by atoms with van der Waals surface area (Å²) in [6.07, 6.45) is -3.70. The van der Waals surface area contributed by atoms with E-state index in [0.717, 1.165) is 24.0 Å². The number of alkyl halides is 3. The Kier molecular flexibility index (Phi) is 6.64. The number of aromatic nitrogens is 1. The molecule has 0 N–H and O–H groups in total. The molecule has 0 spiro atoms. The molecule has 5 nitrogen and oxygen atoms in total. The van der Waals surface area contributed by atoms with Gasteiger partial charge < -0.3 is 9.80 Å². The van der Waals surface area contributed by atoms with E-state index in [-0.39, 0.29) is 17.4 Å². The first kappa shape index (κ1) is 22.1. The van der Waals surface area contributed by atoms with Crippen molar-refractivity contribution in [3.8, 4) is 0 Å². The molecule has 10 heteroatoms. The van der Waals surface area contributed by atoms with E-state index in [2.05, 4.69) is 4.98 Å². The zero-order valence-corrected chi connectivity index (χ0v) is 16.9. The van der Waals surface area contributed by atoms with E-state index in [1.807, 2.05) is 4.90 Å². The number of Topliss-reactive ketones (excluding diaryl/α,β-unsaturated/α-hetero) is 1. The van der Waals surface area contributed by atoms with Crippen LogP contribution in [-0.2, 0) is 11.0 Å². The molecule has 3 rings (SSSR count). The number of pyridine rings is 1. The predicted molar refractivity (Wildman–Crippen MR) is 105 cm³/mol. The molecule has 0 atom stereocenters. The van der Waals surface area contributed by atoms with Crippen LogP contribution in [0.3, 0.4) is 0 Å². The van der Waals surface area contributed by atoms with Crippen LogP contribution in [0.4, 0.5) is 23.2 Å². The fourth-order valence-electron chi connectivity index (χ4n) is 3.04. The summed E-state index contributed by atoms with van der Waals surface area (Å²) in [4.78, 5) is 30.9. The van der Waals surface area contributed by atoms with Crippen LogP contribution in [0.2, 0.25) is 0 Å². The quantitative estimate of drug-likeness (QED) is 0.401. The maximum absolute atomic E-state index is 14.3. The van der Waals surface area contributed by atoms with Crippen LogP contribution >= 0.6 is 11.8 Å². The molecule has 0 radical (unpaired) electrons. The summed E-state index contributed by atoms with van der Waals surface area (Å²) < 4.78 is 52.0. The van der Waals surface area contributed by atoms with Crippen molar-refractivity contribution in [3.63, 3.8) is 0 Å². The molecule has 30 heavy (non-hydrogen) atoms. The minimum absolute atomic E-state index is 0.0556. The number of amides is 1. The SMILES string of the molecule is CC(=O)c1ccc(N2CCN(C(=O)CSc3ccc(C(F)(F)F)cn3)CC2)c(F)c1. The van der Waals surface area contributed by atoms with Crippen molar-refractivity contribution in [2.75, 3.05) is 36.8 Å². The van der Waals surface area contributed by atoms with Crippen LogP contribution in [-0.4, -0.2) is 53.5 Å². The Hall–Kier alpha value is -2.62. The Labute approximate surface area is 175 Å². The summed E-state index contributed by atoms with van der Waals surface area (Å²) in [5.74, 6) is -0.795. The maximum atomic E-state index is 14.3. The molecule has 2 heterocycles. The number of rotatable bonds is 5. The number of benzene rings is 1. The highest BCUT2D eigenvalue weighted by Gasteiger charge is 2.30. The van der Waals surface area contributed by atoms with Crippen molar-refractivity contribution >= 4 is 29.1 Å². The van der Waals surface area contributed by atoms with Crippen LogP contribution in [0.1, 0.15) is 22.8 Å². The molecular weight excluding hydrogens is 422 g/mol. The number of anilines is 1. The topological polar surface area (TPSA) is 53.5 Å². The van der Waals surface area contributed by atoms with Crippen LogP contribution in [0.5, 0.6) is 0 Å². The van der Waals surface area contributed by atoms with Gasteiger partial charge in [-0.1, -0.05) is 11.8 Å². The third-order valence-electron chi connectivity index (χ3n) is 4.73. The van der Waals surface area contributed by atoms with Crippen molar-refractivity contribution in [1.29, 1.82) is 0 Å². The first-order valence-corrected chi connectivity index (χ1v) is 10.1. The summed E-state index contributed by atoms with van der Waals surface area (Å²) >= 11 is 1.07. The van der Waals surface area contributed by atoms with Gasteiger partial charge in [-0.3, -0.25) is 9.59 Å².